The van der Waals surface area contributed by atoms with Crippen molar-refractivity contribution in [2.45, 2.75) is 52.4 Å². The van der Waals surface area contributed by atoms with Crippen LogP contribution in [0.4, 0.5) is 8.78 Å². The zero-order chi connectivity index (χ0) is 20.9. The number of aliphatic hydroxyl groups excluding tert-OH is 1. The molecule has 0 spiro atoms. The average Bonchev–Trinajstić information content (AvgIpc) is 2.65. The van der Waals surface area contributed by atoms with Crippen molar-refractivity contribution in [1.82, 2.24) is 15.5 Å². The lowest BCUT2D eigenvalue weighted by atomic mass is 10.1. The summed E-state index contributed by atoms with van der Waals surface area (Å²) in [5, 5.41) is 16.7. The third-order valence-corrected chi connectivity index (χ3v) is 4.37. The molecule has 0 aliphatic carbocycles. The maximum Gasteiger partial charge on any atom is 0.387 e. The standard InChI is InChI=1S/C20H34F2N4O2.HI/c1-5-23-20(24-12-6-7-13-26(4)15(2)3)25-14-18(27)16-8-10-17(11-9-16)28-19(21)22;/h8-11,15,18-19,27H,5-7,12-14H2,1-4H3,(H2,23,24,25);1H. The van der Waals surface area contributed by atoms with Gasteiger partial charge in [-0.05, 0) is 64.9 Å². The first-order chi connectivity index (χ1) is 13.3. The van der Waals surface area contributed by atoms with Crippen molar-refractivity contribution >= 4 is 29.9 Å². The van der Waals surface area contributed by atoms with Crippen LogP contribution in [0.25, 0.3) is 0 Å². The van der Waals surface area contributed by atoms with Gasteiger partial charge in [0.25, 0.3) is 0 Å². The molecular weight excluding hydrogens is 493 g/mol. The molecule has 0 fully saturated rings. The lowest BCUT2D eigenvalue weighted by Crippen LogP contribution is -2.38. The summed E-state index contributed by atoms with van der Waals surface area (Å²) in [5.74, 6) is 0.712. The van der Waals surface area contributed by atoms with E-state index in [2.05, 4.69) is 46.2 Å². The highest BCUT2D eigenvalue weighted by Gasteiger charge is 2.10. The van der Waals surface area contributed by atoms with Gasteiger partial charge < -0.3 is 25.4 Å². The van der Waals surface area contributed by atoms with Crippen LogP contribution in [0.3, 0.4) is 0 Å². The maximum absolute atomic E-state index is 12.2. The molecule has 3 N–H and O–H groups in total. The Hall–Kier alpha value is -1.20. The van der Waals surface area contributed by atoms with E-state index in [0.717, 1.165) is 32.5 Å². The van der Waals surface area contributed by atoms with E-state index in [1.165, 1.54) is 12.1 Å². The van der Waals surface area contributed by atoms with Crippen LogP contribution in [0.2, 0.25) is 0 Å². The zero-order valence-electron chi connectivity index (χ0n) is 17.7. The van der Waals surface area contributed by atoms with Crippen LogP contribution in [0.5, 0.6) is 5.75 Å². The van der Waals surface area contributed by atoms with Crippen molar-refractivity contribution in [3.05, 3.63) is 29.8 Å². The van der Waals surface area contributed by atoms with Crippen LogP contribution in [0.15, 0.2) is 29.3 Å². The smallest absolute Gasteiger partial charge is 0.387 e. The first-order valence-electron chi connectivity index (χ1n) is 9.78. The molecule has 0 aromatic heterocycles. The number of ether oxygens (including phenoxy) is 1. The van der Waals surface area contributed by atoms with Gasteiger partial charge in [0.05, 0.1) is 12.6 Å². The molecule has 6 nitrogen and oxygen atoms in total. The molecule has 1 rings (SSSR count). The molecule has 0 aliphatic rings. The van der Waals surface area contributed by atoms with E-state index in [1.54, 1.807) is 12.1 Å². The zero-order valence-corrected chi connectivity index (χ0v) is 20.0. The Morgan fingerprint density at radius 2 is 1.83 bits per heavy atom. The maximum atomic E-state index is 12.2. The third-order valence-electron chi connectivity index (χ3n) is 4.37. The van der Waals surface area contributed by atoms with E-state index >= 15 is 0 Å². The number of hydrogen-bond donors (Lipinski definition) is 3. The summed E-state index contributed by atoms with van der Waals surface area (Å²) >= 11 is 0. The number of nitrogens with one attached hydrogen (secondary N) is 2. The number of aliphatic imine (C=N–C) groups is 1. The van der Waals surface area contributed by atoms with Crippen LogP contribution in [-0.2, 0) is 0 Å². The molecule has 0 radical (unpaired) electrons. The van der Waals surface area contributed by atoms with Crippen LogP contribution in [0, 0.1) is 0 Å². The molecule has 0 bridgehead atoms. The Labute approximate surface area is 190 Å². The number of alkyl halides is 2. The third kappa shape index (κ3) is 12.2. The Morgan fingerprint density at radius 3 is 2.38 bits per heavy atom. The molecule has 1 aromatic rings. The summed E-state index contributed by atoms with van der Waals surface area (Å²) in [5.41, 5.74) is 0.595. The van der Waals surface area contributed by atoms with E-state index in [9.17, 15) is 13.9 Å². The number of nitrogens with zero attached hydrogens (tertiary/aromatic N) is 2. The van der Waals surface area contributed by atoms with Gasteiger partial charge in [-0.3, -0.25) is 4.99 Å². The van der Waals surface area contributed by atoms with Crippen LogP contribution >= 0.6 is 24.0 Å². The minimum Gasteiger partial charge on any atom is -0.435 e. The number of unbranched alkanes of at least 4 members (excludes halogenated alkanes) is 1. The second-order valence-electron chi connectivity index (χ2n) is 6.89. The molecule has 29 heavy (non-hydrogen) atoms. The molecule has 0 amide bonds. The highest BCUT2D eigenvalue weighted by Crippen LogP contribution is 2.19. The SMILES string of the molecule is CCNC(=NCC(O)c1ccc(OC(F)F)cc1)NCCCCN(C)C(C)C.I. The van der Waals surface area contributed by atoms with E-state index in [-0.39, 0.29) is 36.3 Å². The molecule has 1 unspecified atom stereocenters. The van der Waals surface area contributed by atoms with Gasteiger partial charge in [0.1, 0.15) is 5.75 Å². The highest BCUT2D eigenvalue weighted by atomic mass is 127. The molecule has 9 heteroatoms. The molecule has 0 heterocycles. The van der Waals surface area contributed by atoms with Gasteiger partial charge in [-0.2, -0.15) is 8.78 Å². The quantitative estimate of drug-likeness (QED) is 0.168. The summed E-state index contributed by atoms with van der Waals surface area (Å²) in [6.07, 6.45) is 1.29. The van der Waals surface area contributed by atoms with Crippen molar-refractivity contribution in [2.75, 3.05) is 33.2 Å². The number of hydrogen-bond acceptors (Lipinski definition) is 4. The average molecular weight is 528 g/mol. The monoisotopic (exact) mass is 528 g/mol. The highest BCUT2D eigenvalue weighted by molar-refractivity contribution is 14.0. The Morgan fingerprint density at radius 1 is 1.17 bits per heavy atom. The molecular formula is C20H35F2IN4O2. The molecule has 168 valence electrons. The Bertz CT molecular complexity index is 574. The van der Waals surface area contributed by atoms with Crippen molar-refractivity contribution in [2.24, 2.45) is 4.99 Å². The number of rotatable bonds is 12. The summed E-state index contributed by atoms with van der Waals surface area (Å²) in [6, 6.07) is 6.48. The first kappa shape index (κ1) is 27.8. The predicted octanol–water partition coefficient (Wildman–Crippen LogP) is 3.61. The second kappa shape index (κ2) is 15.6. The molecule has 0 saturated heterocycles. The van der Waals surface area contributed by atoms with E-state index in [0.29, 0.717) is 17.6 Å². The van der Waals surface area contributed by atoms with Gasteiger partial charge in [-0.25, -0.2) is 0 Å². The van der Waals surface area contributed by atoms with Crippen molar-refractivity contribution in [1.29, 1.82) is 0 Å². The van der Waals surface area contributed by atoms with Gasteiger partial charge in [0.2, 0.25) is 0 Å². The van der Waals surface area contributed by atoms with E-state index in [1.807, 2.05) is 6.92 Å². The number of halogens is 3. The fourth-order valence-electron chi connectivity index (χ4n) is 2.45. The largest absolute Gasteiger partial charge is 0.435 e. The summed E-state index contributed by atoms with van der Waals surface area (Å²) < 4.78 is 28.7. The topological polar surface area (TPSA) is 69.1 Å². The summed E-state index contributed by atoms with van der Waals surface area (Å²) in [4.78, 5) is 6.72. The lowest BCUT2D eigenvalue weighted by Gasteiger charge is -2.20. The predicted molar refractivity (Wildman–Crippen MR) is 124 cm³/mol. The van der Waals surface area contributed by atoms with Crippen molar-refractivity contribution in [3.8, 4) is 5.75 Å². The van der Waals surface area contributed by atoms with Gasteiger partial charge in [0.15, 0.2) is 5.96 Å². The Kier molecular flexibility index (Phi) is 15.0. The first-order valence-corrected chi connectivity index (χ1v) is 9.78. The van der Waals surface area contributed by atoms with E-state index in [4.69, 9.17) is 0 Å². The van der Waals surface area contributed by atoms with Crippen molar-refractivity contribution < 1.29 is 18.6 Å². The summed E-state index contributed by atoms with van der Waals surface area (Å²) in [7, 11) is 2.12. The molecule has 0 aliphatic heterocycles. The Balaban J connectivity index is 0.00000784. The number of aliphatic hydroxyl groups is 1. The van der Waals surface area contributed by atoms with Gasteiger partial charge in [0, 0.05) is 19.1 Å². The molecule has 1 atom stereocenters. The van der Waals surface area contributed by atoms with Gasteiger partial charge >= 0.3 is 6.61 Å². The van der Waals surface area contributed by atoms with Gasteiger partial charge in [-0.15, -0.1) is 24.0 Å². The second-order valence-corrected chi connectivity index (χ2v) is 6.89. The van der Waals surface area contributed by atoms with E-state index < -0.39 is 12.7 Å². The summed E-state index contributed by atoms with van der Waals surface area (Å²) in [6.45, 7) is 6.22. The minimum atomic E-state index is -2.86. The fraction of sp³-hybridized carbons (Fsp3) is 0.650. The van der Waals surface area contributed by atoms with Crippen LogP contribution in [0.1, 0.15) is 45.3 Å². The minimum absolute atomic E-state index is 0. The molecule has 0 saturated carbocycles. The number of guanidine groups is 1. The number of benzene rings is 1. The van der Waals surface area contributed by atoms with Crippen molar-refractivity contribution in [3.63, 3.8) is 0 Å². The normalized spacial score (nSPS) is 12.8. The van der Waals surface area contributed by atoms with Crippen LogP contribution < -0.4 is 15.4 Å². The lowest BCUT2D eigenvalue weighted by molar-refractivity contribution is -0.0498. The van der Waals surface area contributed by atoms with Gasteiger partial charge in [-0.1, -0.05) is 12.1 Å². The van der Waals surface area contributed by atoms with Crippen LogP contribution in [-0.4, -0.2) is 61.8 Å². The fourth-order valence-corrected chi connectivity index (χ4v) is 2.45. The molecule has 1 aromatic carbocycles.